The fourth-order valence-corrected chi connectivity index (χ4v) is 7.11. The molecular weight excluding hydrogens is 470 g/mol. The Labute approximate surface area is 207 Å². The Morgan fingerprint density at radius 2 is 2.00 bits per heavy atom. The number of anilines is 1. The largest absolute Gasteiger partial charge is 0.344 e. The maximum Gasteiger partial charge on any atom is 0.244 e. The number of hydrogen-bond donors (Lipinski definition) is 1. The molecule has 2 saturated carbocycles. The summed E-state index contributed by atoms with van der Waals surface area (Å²) in [5.41, 5.74) is 0.161. The topological polar surface area (TPSA) is 91.0 Å². The number of aryl methyl sites for hydroxylation is 1. The van der Waals surface area contributed by atoms with E-state index >= 15 is 0 Å². The van der Waals surface area contributed by atoms with Gasteiger partial charge in [-0.15, -0.1) is 0 Å². The van der Waals surface area contributed by atoms with E-state index < -0.39 is 22.4 Å². The van der Waals surface area contributed by atoms with Crippen LogP contribution in [0.4, 0.5) is 5.82 Å². The molecule has 3 atom stereocenters. The molecule has 9 heteroatoms. The second kappa shape index (κ2) is 9.35. The maximum absolute atomic E-state index is 13.6. The molecule has 5 rings (SSSR count). The Kier molecular flexibility index (Phi) is 6.43. The standard InChI is InChI=1S/C25H30ClN5O2S/c1-17-13-23(31(29-17)18-7-3-2-4-8-18)30-15-19(34(33)22-10-6-5-9-20(22)26)14-21(30)24(32)28-25(16-27)11-12-25/h5-6,9-10,13,18-19,21H,2-4,7-8,11-12,14-15H2,1H3,(H,28,32). The van der Waals surface area contributed by atoms with Gasteiger partial charge in [-0.25, -0.2) is 4.68 Å². The molecule has 3 aliphatic rings. The first-order valence-electron chi connectivity index (χ1n) is 12.1. The van der Waals surface area contributed by atoms with Crippen LogP contribution in [0.2, 0.25) is 5.02 Å². The van der Waals surface area contributed by atoms with Gasteiger partial charge in [0.1, 0.15) is 17.4 Å². The lowest BCUT2D eigenvalue weighted by atomic mass is 9.96. The predicted octanol–water partition coefficient (Wildman–Crippen LogP) is 4.28. The number of hydrogen-bond acceptors (Lipinski definition) is 5. The van der Waals surface area contributed by atoms with Crippen molar-refractivity contribution in [2.75, 3.05) is 11.4 Å². The van der Waals surface area contributed by atoms with Gasteiger partial charge in [0.05, 0.1) is 43.8 Å². The second-order valence-corrected chi connectivity index (χ2v) is 11.9. The van der Waals surface area contributed by atoms with E-state index in [1.807, 2.05) is 25.1 Å². The first-order chi connectivity index (χ1) is 16.4. The van der Waals surface area contributed by atoms with Gasteiger partial charge in [-0.3, -0.25) is 9.00 Å². The fraction of sp³-hybridized carbons (Fsp3) is 0.560. The van der Waals surface area contributed by atoms with Crippen LogP contribution in [0.15, 0.2) is 35.2 Å². The zero-order valence-corrected chi connectivity index (χ0v) is 20.9. The van der Waals surface area contributed by atoms with Gasteiger partial charge in [0, 0.05) is 12.6 Å². The van der Waals surface area contributed by atoms with Crippen molar-refractivity contribution in [3.8, 4) is 6.07 Å². The number of aromatic nitrogens is 2. The number of carbonyl (C=O) groups is 1. The third-order valence-electron chi connectivity index (χ3n) is 7.30. The lowest BCUT2D eigenvalue weighted by Gasteiger charge is -2.30. The van der Waals surface area contributed by atoms with Crippen LogP contribution in [0.5, 0.6) is 0 Å². The minimum absolute atomic E-state index is 0.174. The molecule has 1 amide bonds. The van der Waals surface area contributed by atoms with Crippen molar-refractivity contribution in [2.24, 2.45) is 0 Å². The first-order valence-corrected chi connectivity index (χ1v) is 13.7. The molecule has 2 aromatic rings. The summed E-state index contributed by atoms with van der Waals surface area (Å²) in [6.07, 6.45) is 7.53. The van der Waals surface area contributed by atoms with Gasteiger partial charge in [0.15, 0.2) is 0 Å². The van der Waals surface area contributed by atoms with Crippen molar-refractivity contribution in [3.05, 3.63) is 41.0 Å². The molecule has 1 saturated heterocycles. The van der Waals surface area contributed by atoms with Crippen LogP contribution < -0.4 is 10.2 Å². The van der Waals surface area contributed by atoms with E-state index in [2.05, 4.69) is 21.0 Å². The molecule has 0 spiro atoms. The smallest absolute Gasteiger partial charge is 0.244 e. The summed E-state index contributed by atoms with van der Waals surface area (Å²) in [6, 6.07) is 11.3. The Balaban J connectivity index is 1.47. The highest BCUT2D eigenvalue weighted by atomic mass is 35.5. The fourth-order valence-electron chi connectivity index (χ4n) is 5.26. The molecule has 0 bridgehead atoms. The summed E-state index contributed by atoms with van der Waals surface area (Å²) in [6.45, 7) is 2.44. The molecule has 0 radical (unpaired) electrons. The Morgan fingerprint density at radius 3 is 2.68 bits per heavy atom. The van der Waals surface area contributed by atoms with Crippen LogP contribution in [0.3, 0.4) is 0 Å². The van der Waals surface area contributed by atoms with Crippen molar-refractivity contribution >= 4 is 34.1 Å². The summed E-state index contributed by atoms with van der Waals surface area (Å²) in [5.74, 6) is 0.733. The third kappa shape index (κ3) is 4.48. The number of nitrogens with one attached hydrogen (secondary N) is 1. The average Bonchev–Trinajstić information content (AvgIpc) is 3.29. The highest BCUT2D eigenvalue weighted by molar-refractivity contribution is 7.85. The van der Waals surface area contributed by atoms with E-state index in [0.29, 0.717) is 41.8 Å². The summed E-state index contributed by atoms with van der Waals surface area (Å²) < 4.78 is 15.6. The van der Waals surface area contributed by atoms with Gasteiger partial charge in [-0.1, -0.05) is 43.0 Å². The summed E-state index contributed by atoms with van der Waals surface area (Å²) in [4.78, 5) is 16.1. The van der Waals surface area contributed by atoms with Crippen molar-refractivity contribution in [3.63, 3.8) is 0 Å². The Morgan fingerprint density at radius 1 is 1.26 bits per heavy atom. The molecule has 2 heterocycles. The molecule has 1 aromatic heterocycles. The number of benzene rings is 1. The first kappa shape index (κ1) is 23.4. The highest BCUT2D eigenvalue weighted by Crippen LogP contribution is 2.38. The minimum atomic E-state index is -1.36. The van der Waals surface area contributed by atoms with E-state index in [0.717, 1.165) is 24.4 Å². The minimum Gasteiger partial charge on any atom is -0.344 e. The van der Waals surface area contributed by atoms with Crippen LogP contribution >= 0.6 is 11.6 Å². The van der Waals surface area contributed by atoms with Crippen molar-refractivity contribution in [1.29, 1.82) is 5.26 Å². The monoisotopic (exact) mass is 499 g/mol. The van der Waals surface area contributed by atoms with Crippen LogP contribution in [0.1, 0.15) is 63.1 Å². The van der Waals surface area contributed by atoms with Gasteiger partial charge in [-0.2, -0.15) is 10.4 Å². The predicted molar refractivity (Wildman–Crippen MR) is 132 cm³/mol. The van der Waals surface area contributed by atoms with Crippen molar-refractivity contribution < 1.29 is 9.00 Å². The van der Waals surface area contributed by atoms with Gasteiger partial charge in [0.2, 0.25) is 5.91 Å². The molecule has 3 fully saturated rings. The van der Waals surface area contributed by atoms with E-state index in [1.54, 1.807) is 12.1 Å². The Hall–Kier alpha value is -2.37. The molecule has 3 unspecified atom stereocenters. The molecule has 1 N–H and O–H groups in total. The van der Waals surface area contributed by atoms with Gasteiger partial charge >= 0.3 is 0 Å². The third-order valence-corrected chi connectivity index (χ3v) is 9.48. The lowest BCUT2D eigenvalue weighted by Crippen LogP contribution is -2.48. The lowest BCUT2D eigenvalue weighted by molar-refractivity contribution is -0.122. The normalized spacial score (nSPS) is 25.0. The van der Waals surface area contributed by atoms with E-state index in [1.165, 1.54) is 19.3 Å². The zero-order valence-electron chi connectivity index (χ0n) is 19.4. The molecule has 180 valence electrons. The van der Waals surface area contributed by atoms with Gasteiger partial charge < -0.3 is 10.2 Å². The number of nitriles is 1. The summed E-state index contributed by atoms with van der Waals surface area (Å²) in [7, 11) is -1.36. The molecule has 34 heavy (non-hydrogen) atoms. The van der Waals surface area contributed by atoms with E-state index in [-0.39, 0.29) is 11.2 Å². The number of rotatable bonds is 6. The maximum atomic E-state index is 13.6. The number of carbonyl (C=O) groups excluding carboxylic acids is 1. The molecular formula is C25H30ClN5O2S. The molecule has 2 aliphatic carbocycles. The quantitative estimate of drug-likeness (QED) is 0.640. The van der Waals surface area contributed by atoms with Gasteiger partial charge in [0.25, 0.3) is 0 Å². The molecule has 7 nitrogen and oxygen atoms in total. The molecule has 1 aliphatic heterocycles. The van der Waals surface area contributed by atoms with Crippen molar-refractivity contribution in [2.45, 2.75) is 86.1 Å². The van der Waals surface area contributed by atoms with Gasteiger partial charge in [-0.05, 0) is 51.2 Å². The summed E-state index contributed by atoms with van der Waals surface area (Å²) in [5, 5.41) is 17.5. The van der Waals surface area contributed by atoms with Crippen molar-refractivity contribution in [1.82, 2.24) is 15.1 Å². The SMILES string of the molecule is Cc1cc(N2CC(S(=O)c3ccccc3Cl)CC2C(=O)NC2(C#N)CC2)n(C2CCCCC2)n1. The van der Waals surface area contributed by atoms with E-state index in [4.69, 9.17) is 16.7 Å². The average molecular weight is 500 g/mol. The number of amides is 1. The second-order valence-electron chi connectivity index (χ2n) is 9.82. The zero-order chi connectivity index (χ0) is 23.9. The number of nitrogens with zero attached hydrogens (tertiary/aromatic N) is 4. The number of halogens is 1. The van der Waals surface area contributed by atoms with E-state index in [9.17, 15) is 14.3 Å². The van der Waals surface area contributed by atoms with Crippen LogP contribution in [-0.2, 0) is 15.6 Å². The van der Waals surface area contributed by atoms with Crippen LogP contribution in [-0.4, -0.2) is 43.3 Å². The Bertz CT molecular complexity index is 1150. The van der Waals surface area contributed by atoms with Crippen LogP contribution in [0, 0.1) is 18.3 Å². The summed E-state index contributed by atoms with van der Waals surface area (Å²) >= 11 is 6.36. The molecule has 1 aromatic carbocycles. The van der Waals surface area contributed by atoms with Crippen LogP contribution in [0.25, 0.3) is 0 Å². The highest BCUT2D eigenvalue weighted by Gasteiger charge is 2.49.